The number of carbonyl (C=O) groups excluding carboxylic acids is 1. The van der Waals surface area contributed by atoms with Crippen LogP contribution in [0.2, 0.25) is 0 Å². The third-order valence-electron chi connectivity index (χ3n) is 5.47. The van der Waals surface area contributed by atoms with E-state index >= 15 is 0 Å². The lowest BCUT2D eigenvalue weighted by Gasteiger charge is -2.34. The molecule has 1 saturated heterocycles. The number of aryl methyl sites for hydroxylation is 1. The number of aromatic nitrogens is 1. The number of benzene rings is 2. The Morgan fingerprint density at radius 1 is 1.10 bits per heavy atom. The number of alkyl halides is 3. The summed E-state index contributed by atoms with van der Waals surface area (Å²) in [5.41, 5.74) is 3.66. The normalized spacial score (nSPS) is 17.5. The number of likely N-dealkylation sites (tertiary alicyclic amines) is 1. The summed E-state index contributed by atoms with van der Waals surface area (Å²) in [6.45, 7) is 2.03. The lowest BCUT2D eigenvalue weighted by atomic mass is 9.96. The molecular weight excluding hydrogens is 377 g/mol. The van der Waals surface area contributed by atoms with Gasteiger partial charge < -0.3 is 4.90 Å². The molecule has 1 aromatic heterocycles. The van der Waals surface area contributed by atoms with Crippen LogP contribution in [0.25, 0.3) is 22.2 Å². The molecule has 1 aliphatic rings. The highest BCUT2D eigenvalue weighted by molar-refractivity contribution is 6.07. The highest BCUT2D eigenvalue weighted by atomic mass is 19.4. The number of amides is 1. The van der Waals surface area contributed by atoms with E-state index < -0.39 is 12.1 Å². The van der Waals surface area contributed by atoms with Crippen molar-refractivity contribution in [1.29, 1.82) is 0 Å². The van der Waals surface area contributed by atoms with E-state index in [4.69, 9.17) is 0 Å². The van der Waals surface area contributed by atoms with Crippen molar-refractivity contribution in [3.8, 4) is 11.3 Å². The number of hydrogen-bond donors (Lipinski definition) is 0. The maximum Gasteiger partial charge on any atom is 0.393 e. The van der Waals surface area contributed by atoms with Gasteiger partial charge in [0.25, 0.3) is 5.91 Å². The van der Waals surface area contributed by atoms with Crippen LogP contribution in [0, 0.1) is 12.8 Å². The average Bonchev–Trinajstić information content (AvgIpc) is 2.72. The average molecular weight is 398 g/mol. The molecule has 0 N–H and O–H groups in total. The first-order valence-electron chi connectivity index (χ1n) is 9.66. The molecule has 1 amide bonds. The maximum atomic E-state index is 13.3. The summed E-state index contributed by atoms with van der Waals surface area (Å²) in [6.07, 6.45) is -3.87. The summed E-state index contributed by atoms with van der Waals surface area (Å²) < 4.78 is 39.6. The predicted molar refractivity (Wildman–Crippen MR) is 107 cm³/mol. The van der Waals surface area contributed by atoms with Crippen LogP contribution < -0.4 is 0 Å². The number of carbonyl (C=O) groups is 1. The van der Waals surface area contributed by atoms with Gasteiger partial charge in [-0.25, -0.2) is 4.98 Å². The smallest absolute Gasteiger partial charge is 0.338 e. The molecule has 2 aromatic carbocycles. The number of halogens is 3. The van der Waals surface area contributed by atoms with Crippen molar-refractivity contribution in [3.63, 3.8) is 0 Å². The Morgan fingerprint density at radius 2 is 1.83 bits per heavy atom. The van der Waals surface area contributed by atoms with Crippen LogP contribution in [-0.2, 0) is 0 Å². The molecule has 3 aromatic rings. The lowest BCUT2D eigenvalue weighted by molar-refractivity contribution is -0.184. The summed E-state index contributed by atoms with van der Waals surface area (Å²) >= 11 is 0. The van der Waals surface area contributed by atoms with Crippen LogP contribution >= 0.6 is 0 Å². The molecule has 0 radical (unpaired) electrons. The van der Waals surface area contributed by atoms with Crippen LogP contribution in [0.15, 0.2) is 54.6 Å². The predicted octanol–water partition coefficient (Wildman–Crippen LogP) is 5.62. The highest BCUT2D eigenvalue weighted by Gasteiger charge is 2.42. The highest BCUT2D eigenvalue weighted by Crippen LogP contribution is 2.34. The standard InChI is InChI=1S/C23H21F3N2O/c1-15-8-10-16(11-9-15)21-13-19(18-6-2-3-7-20(18)27-21)22(29)28-12-4-5-17(14-28)23(24,25)26/h2-3,6-11,13,17H,4-5,12,14H2,1H3. The number of para-hydroxylation sites is 1. The van der Waals surface area contributed by atoms with Gasteiger partial charge in [-0.05, 0) is 31.9 Å². The molecule has 2 heterocycles. The molecule has 4 rings (SSSR count). The molecule has 1 aliphatic heterocycles. The molecule has 3 nitrogen and oxygen atoms in total. The summed E-state index contributed by atoms with van der Waals surface area (Å²) in [5.74, 6) is -1.84. The molecule has 150 valence electrons. The van der Waals surface area contributed by atoms with Gasteiger partial charge in [-0.2, -0.15) is 13.2 Å². The summed E-state index contributed by atoms with van der Waals surface area (Å²) in [7, 11) is 0. The molecule has 0 bridgehead atoms. The number of hydrogen-bond acceptors (Lipinski definition) is 2. The minimum atomic E-state index is -4.29. The van der Waals surface area contributed by atoms with E-state index in [1.165, 1.54) is 4.90 Å². The van der Waals surface area contributed by atoms with Gasteiger partial charge in [-0.15, -0.1) is 0 Å². The van der Waals surface area contributed by atoms with Crippen molar-refractivity contribution in [3.05, 3.63) is 65.7 Å². The minimum Gasteiger partial charge on any atom is -0.338 e. The zero-order valence-corrected chi connectivity index (χ0v) is 16.0. The van der Waals surface area contributed by atoms with Crippen LogP contribution in [0.1, 0.15) is 28.8 Å². The van der Waals surface area contributed by atoms with E-state index in [1.54, 1.807) is 18.2 Å². The van der Waals surface area contributed by atoms with E-state index in [1.807, 2.05) is 43.3 Å². The second-order valence-electron chi connectivity index (χ2n) is 7.57. The third-order valence-corrected chi connectivity index (χ3v) is 5.47. The Kier molecular flexibility index (Phi) is 5.03. The largest absolute Gasteiger partial charge is 0.393 e. The number of rotatable bonds is 2. The first-order valence-corrected chi connectivity index (χ1v) is 9.66. The van der Waals surface area contributed by atoms with E-state index in [0.29, 0.717) is 35.1 Å². The number of pyridine rings is 1. The van der Waals surface area contributed by atoms with Crippen molar-refractivity contribution in [1.82, 2.24) is 9.88 Å². The van der Waals surface area contributed by atoms with Gasteiger partial charge in [-0.1, -0.05) is 48.0 Å². The van der Waals surface area contributed by atoms with Crippen molar-refractivity contribution in [2.45, 2.75) is 25.9 Å². The topological polar surface area (TPSA) is 33.2 Å². The molecule has 1 unspecified atom stereocenters. The van der Waals surface area contributed by atoms with Gasteiger partial charge in [0.15, 0.2) is 0 Å². The first kappa shape index (κ1) is 19.4. The van der Waals surface area contributed by atoms with Crippen molar-refractivity contribution < 1.29 is 18.0 Å². The molecule has 1 fully saturated rings. The maximum absolute atomic E-state index is 13.3. The van der Waals surface area contributed by atoms with E-state index in [-0.39, 0.29) is 18.9 Å². The monoisotopic (exact) mass is 398 g/mol. The second-order valence-corrected chi connectivity index (χ2v) is 7.57. The van der Waals surface area contributed by atoms with E-state index in [9.17, 15) is 18.0 Å². The van der Waals surface area contributed by atoms with Crippen LogP contribution in [0.4, 0.5) is 13.2 Å². The van der Waals surface area contributed by atoms with Gasteiger partial charge in [0.1, 0.15) is 0 Å². The van der Waals surface area contributed by atoms with E-state index in [0.717, 1.165) is 11.1 Å². The third kappa shape index (κ3) is 3.97. The molecular formula is C23H21F3N2O. The Labute approximate surface area is 167 Å². The van der Waals surface area contributed by atoms with Crippen LogP contribution in [0.5, 0.6) is 0 Å². The molecule has 0 saturated carbocycles. The fraction of sp³-hybridized carbons (Fsp3) is 0.304. The van der Waals surface area contributed by atoms with Crippen LogP contribution in [0.3, 0.4) is 0 Å². The van der Waals surface area contributed by atoms with Gasteiger partial charge in [0, 0.05) is 24.0 Å². The quantitative estimate of drug-likeness (QED) is 0.561. The van der Waals surface area contributed by atoms with Crippen molar-refractivity contribution in [2.75, 3.05) is 13.1 Å². The molecule has 6 heteroatoms. The fourth-order valence-corrected chi connectivity index (χ4v) is 3.82. The minimum absolute atomic E-state index is 0.0684. The summed E-state index contributed by atoms with van der Waals surface area (Å²) in [6, 6.07) is 16.7. The number of fused-ring (bicyclic) bond motifs is 1. The van der Waals surface area contributed by atoms with Gasteiger partial charge in [0.05, 0.1) is 22.7 Å². The van der Waals surface area contributed by atoms with Gasteiger partial charge >= 0.3 is 6.18 Å². The lowest BCUT2D eigenvalue weighted by Crippen LogP contribution is -2.44. The van der Waals surface area contributed by atoms with Crippen molar-refractivity contribution in [2.24, 2.45) is 5.92 Å². The Morgan fingerprint density at radius 3 is 2.55 bits per heavy atom. The van der Waals surface area contributed by atoms with Crippen molar-refractivity contribution >= 4 is 16.8 Å². The van der Waals surface area contributed by atoms with E-state index in [2.05, 4.69) is 4.98 Å². The van der Waals surface area contributed by atoms with Crippen LogP contribution in [-0.4, -0.2) is 35.1 Å². The van der Waals surface area contributed by atoms with Gasteiger partial charge in [0.2, 0.25) is 0 Å². The van der Waals surface area contributed by atoms with Gasteiger partial charge in [-0.3, -0.25) is 4.79 Å². The molecule has 0 spiro atoms. The summed E-state index contributed by atoms with van der Waals surface area (Å²) in [5, 5.41) is 0.655. The zero-order chi connectivity index (χ0) is 20.6. The molecule has 0 aliphatic carbocycles. The molecule has 29 heavy (non-hydrogen) atoms. The Balaban J connectivity index is 1.76. The number of nitrogens with zero attached hydrogens (tertiary/aromatic N) is 2. The second kappa shape index (κ2) is 7.50. The Bertz CT molecular complexity index is 1040. The molecule has 1 atom stereocenters. The summed E-state index contributed by atoms with van der Waals surface area (Å²) in [4.78, 5) is 19.3. The SMILES string of the molecule is Cc1ccc(-c2cc(C(=O)N3CCCC(C(F)(F)F)C3)c3ccccc3n2)cc1. The zero-order valence-electron chi connectivity index (χ0n) is 16.0. The Hall–Kier alpha value is -2.89. The number of piperidine rings is 1. The fourth-order valence-electron chi connectivity index (χ4n) is 3.82. The first-order chi connectivity index (χ1) is 13.8.